The number of nitrogens with zero attached hydrogens (tertiary/aromatic N) is 6. The Morgan fingerprint density at radius 2 is 1.77 bits per heavy atom. The summed E-state index contributed by atoms with van der Waals surface area (Å²) in [6, 6.07) is 13.4. The molecule has 0 amide bonds. The summed E-state index contributed by atoms with van der Waals surface area (Å²) in [6.45, 7) is 4.53. The standard InChI is InChI=1S/C22H20N6O2/c1-4-27-18-14(2)11-13-24-20(18)28(22(27)29)15-7-9-16(10-8-15)30-21-25-17-6-5-12-23-19(17)26(21)3/h5-13H,4H2,1-3H3. The van der Waals surface area contributed by atoms with Gasteiger partial charge in [-0.25, -0.2) is 19.3 Å². The van der Waals surface area contributed by atoms with E-state index < -0.39 is 0 Å². The fourth-order valence-electron chi connectivity index (χ4n) is 3.73. The maximum Gasteiger partial charge on any atom is 0.334 e. The van der Waals surface area contributed by atoms with Gasteiger partial charge in [0.1, 0.15) is 11.3 Å². The molecule has 150 valence electrons. The molecule has 0 fully saturated rings. The molecule has 0 aliphatic heterocycles. The Bertz CT molecular complexity index is 1440. The molecule has 4 aromatic heterocycles. The van der Waals surface area contributed by atoms with E-state index in [-0.39, 0.29) is 5.69 Å². The molecule has 0 aliphatic carbocycles. The van der Waals surface area contributed by atoms with Gasteiger partial charge < -0.3 is 4.74 Å². The number of aryl methyl sites for hydroxylation is 3. The minimum atomic E-state index is -0.107. The summed E-state index contributed by atoms with van der Waals surface area (Å²) in [6.07, 6.45) is 3.45. The van der Waals surface area contributed by atoms with Crippen LogP contribution in [0.3, 0.4) is 0 Å². The Balaban J connectivity index is 1.54. The second-order valence-corrected chi connectivity index (χ2v) is 7.06. The average molecular weight is 400 g/mol. The van der Waals surface area contributed by atoms with Crippen molar-refractivity contribution in [3.63, 3.8) is 0 Å². The number of rotatable bonds is 4. The number of hydrogen-bond donors (Lipinski definition) is 0. The second kappa shape index (κ2) is 6.84. The first-order valence-corrected chi connectivity index (χ1v) is 9.71. The smallest absolute Gasteiger partial charge is 0.334 e. The van der Waals surface area contributed by atoms with Crippen LogP contribution in [0.15, 0.2) is 59.7 Å². The minimum Gasteiger partial charge on any atom is -0.425 e. The van der Waals surface area contributed by atoms with E-state index in [2.05, 4.69) is 15.0 Å². The van der Waals surface area contributed by atoms with Crippen molar-refractivity contribution in [1.29, 1.82) is 0 Å². The van der Waals surface area contributed by atoms with Crippen LogP contribution in [0.4, 0.5) is 0 Å². The van der Waals surface area contributed by atoms with E-state index in [4.69, 9.17) is 4.74 Å². The Morgan fingerprint density at radius 3 is 2.50 bits per heavy atom. The first-order chi connectivity index (χ1) is 14.6. The Kier molecular flexibility index (Phi) is 4.13. The van der Waals surface area contributed by atoms with Crippen LogP contribution in [0.2, 0.25) is 0 Å². The molecule has 1 aromatic carbocycles. The van der Waals surface area contributed by atoms with Crippen molar-refractivity contribution in [3.8, 4) is 17.4 Å². The predicted molar refractivity (Wildman–Crippen MR) is 114 cm³/mol. The van der Waals surface area contributed by atoms with E-state index in [0.29, 0.717) is 24.0 Å². The SMILES string of the molecule is CCn1c(=O)n(-c2ccc(Oc3nc4cccnc4n3C)cc2)c2nccc(C)c21. The number of ether oxygens (including phenoxy) is 1. The van der Waals surface area contributed by atoms with E-state index >= 15 is 0 Å². The third-order valence-electron chi connectivity index (χ3n) is 5.22. The fourth-order valence-corrected chi connectivity index (χ4v) is 3.73. The fraction of sp³-hybridized carbons (Fsp3) is 0.182. The third kappa shape index (κ3) is 2.68. The molecule has 30 heavy (non-hydrogen) atoms. The molecular weight excluding hydrogens is 380 g/mol. The summed E-state index contributed by atoms with van der Waals surface area (Å²) in [5, 5.41) is 0. The summed E-state index contributed by atoms with van der Waals surface area (Å²) in [5.41, 5.74) is 4.68. The van der Waals surface area contributed by atoms with Crippen molar-refractivity contribution in [2.24, 2.45) is 7.05 Å². The molecule has 0 saturated carbocycles. The van der Waals surface area contributed by atoms with Gasteiger partial charge in [-0.15, -0.1) is 0 Å². The zero-order valence-corrected chi connectivity index (χ0v) is 16.9. The van der Waals surface area contributed by atoms with Gasteiger partial charge in [0, 0.05) is 26.0 Å². The molecule has 0 spiro atoms. The lowest BCUT2D eigenvalue weighted by Crippen LogP contribution is -2.22. The molecule has 5 rings (SSSR count). The molecule has 0 bridgehead atoms. The molecule has 0 saturated heterocycles. The molecule has 8 nitrogen and oxygen atoms in total. The average Bonchev–Trinajstić information content (AvgIpc) is 3.23. The highest BCUT2D eigenvalue weighted by Gasteiger charge is 2.17. The molecule has 0 atom stereocenters. The molecule has 5 aromatic rings. The number of hydrogen-bond acceptors (Lipinski definition) is 5. The van der Waals surface area contributed by atoms with Gasteiger partial charge in [0.05, 0.1) is 11.2 Å². The van der Waals surface area contributed by atoms with Gasteiger partial charge in [-0.05, 0) is 61.9 Å². The first-order valence-electron chi connectivity index (χ1n) is 9.71. The normalized spacial score (nSPS) is 11.4. The van der Waals surface area contributed by atoms with Crippen molar-refractivity contribution >= 4 is 22.3 Å². The summed E-state index contributed by atoms with van der Waals surface area (Å²) < 4.78 is 11.1. The first kappa shape index (κ1) is 18.1. The Labute approximate surface area is 172 Å². The third-order valence-corrected chi connectivity index (χ3v) is 5.22. The topological polar surface area (TPSA) is 79.8 Å². The van der Waals surface area contributed by atoms with Gasteiger partial charge in [0.2, 0.25) is 0 Å². The number of benzene rings is 1. The van der Waals surface area contributed by atoms with Crippen LogP contribution in [0, 0.1) is 6.92 Å². The Morgan fingerprint density at radius 1 is 1.00 bits per heavy atom. The number of imidazole rings is 2. The van der Waals surface area contributed by atoms with Crippen molar-refractivity contribution in [3.05, 3.63) is 70.9 Å². The molecule has 4 heterocycles. The van der Waals surface area contributed by atoms with Crippen molar-refractivity contribution in [2.75, 3.05) is 0 Å². The van der Waals surface area contributed by atoms with Crippen LogP contribution < -0.4 is 10.4 Å². The number of pyridine rings is 2. The van der Waals surface area contributed by atoms with Crippen LogP contribution in [0.25, 0.3) is 28.0 Å². The summed E-state index contributed by atoms with van der Waals surface area (Å²) in [5.74, 6) is 0.619. The quantitative estimate of drug-likeness (QED) is 0.461. The lowest BCUT2D eigenvalue weighted by atomic mass is 10.2. The maximum atomic E-state index is 13.0. The van der Waals surface area contributed by atoms with Crippen LogP contribution in [0.1, 0.15) is 12.5 Å². The Hall–Kier alpha value is -3.94. The van der Waals surface area contributed by atoms with Crippen LogP contribution in [-0.4, -0.2) is 28.7 Å². The summed E-state index contributed by atoms with van der Waals surface area (Å²) in [4.78, 5) is 26.3. The van der Waals surface area contributed by atoms with Crippen molar-refractivity contribution < 1.29 is 4.74 Å². The maximum absolute atomic E-state index is 13.0. The molecular formula is C22H20N6O2. The van der Waals surface area contributed by atoms with Crippen LogP contribution >= 0.6 is 0 Å². The van der Waals surface area contributed by atoms with Gasteiger partial charge in [-0.1, -0.05) is 0 Å². The van der Waals surface area contributed by atoms with Crippen LogP contribution in [-0.2, 0) is 13.6 Å². The zero-order valence-electron chi connectivity index (χ0n) is 16.9. The van der Waals surface area contributed by atoms with E-state index in [1.54, 1.807) is 26.1 Å². The van der Waals surface area contributed by atoms with E-state index in [1.807, 2.05) is 63.4 Å². The van der Waals surface area contributed by atoms with Gasteiger partial charge in [0.15, 0.2) is 11.3 Å². The van der Waals surface area contributed by atoms with E-state index in [9.17, 15) is 4.79 Å². The summed E-state index contributed by atoms with van der Waals surface area (Å²) >= 11 is 0. The molecule has 8 heteroatoms. The molecule has 0 radical (unpaired) electrons. The van der Waals surface area contributed by atoms with Gasteiger partial charge in [-0.3, -0.25) is 9.13 Å². The van der Waals surface area contributed by atoms with Crippen molar-refractivity contribution in [1.82, 2.24) is 28.7 Å². The van der Waals surface area contributed by atoms with Gasteiger partial charge >= 0.3 is 11.7 Å². The van der Waals surface area contributed by atoms with Gasteiger partial charge in [0.25, 0.3) is 0 Å². The highest BCUT2D eigenvalue weighted by molar-refractivity contribution is 5.77. The lowest BCUT2D eigenvalue weighted by Gasteiger charge is -2.07. The van der Waals surface area contributed by atoms with E-state index in [0.717, 1.165) is 27.9 Å². The highest BCUT2D eigenvalue weighted by Crippen LogP contribution is 2.25. The molecule has 0 unspecified atom stereocenters. The number of fused-ring (bicyclic) bond motifs is 2. The lowest BCUT2D eigenvalue weighted by molar-refractivity contribution is 0.427. The minimum absolute atomic E-state index is 0.107. The second-order valence-electron chi connectivity index (χ2n) is 7.06. The van der Waals surface area contributed by atoms with E-state index in [1.165, 1.54) is 0 Å². The van der Waals surface area contributed by atoms with Gasteiger partial charge in [-0.2, -0.15) is 4.98 Å². The monoisotopic (exact) mass is 400 g/mol. The number of aromatic nitrogens is 6. The van der Waals surface area contributed by atoms with Crippen LogP contribution in [0.5, 0.6) is 11.8 Å². The summed E-state index contributed by atoms with van der Waals surface area (Å²) in [7, 11) is 1.86. The predicted octanol–water partition coefficient (Wildman–Crippen LogP) is 3.59. The largest absolute Gasteiger partial charge is 0.425 e. The van der Waals surface area contributed by atoms with Crippen molar-refractivity contribution in [2.45, 2.75) is 20.4 Å². The highest BCUT2D eigenvalue weighted by atomic mass is 16.5. The zero-order chi connectivity index (χ0) is 20.8. The molecule has 0 N–H and O–H groups in total. The molecule has 0 aliphatic rings.